The van der Waals surface area contributed by atoms with Gasteiger partial charge in [-0.05, 0) is 0 Å². The molecule has 0 saturated carbocycles. The molecule has 1 aliphatic heterocycles. The molecule has 5 N–H and O–H groups in total. The Hall–Kier alpha value is 0.0549. The van der Waals surface area contributed by atoms with Gasteiger partial charge in [-0.3, -0.25) is 9.88 Å². The zero-order valence-electron chi connectivity index (χ0n) is 7.57. The zero-order valence-corrected chi connectivity index (χ0v) is 8.46. The molecular formula is C5H13BNO6P. The maximum atomic E-state index is 10.5. The van der Waals surface area contributed by atoms with Crippen LogP contribution in [0.2, 0.25) is 0 Å². The first kappa shape index (κ1) is 12.1. The highest BCUT2D eigenvalue weighted by atomic mass is 31.2. The van der Waals surface area contributed by atoms with Gasteiger partial charge in [0, 0.05) is 5.94 Å². The van der Waals surface area contributed by atoms with Crippen LogP contribution in [-0.2, 0) is 9.30 Å². The largest absolute Gasteiger partial charge is 0.389 e. The number of aliphatic hydroxyl groups excluding tert-OH is 2. The Morgan fingerprint density at radius 2 is 1.93 bits per heavy atom. The lowest BCUT2D eigenvalue weighted by molar-refractivity contribution is -0.0503. The van der Waals surface area contributed by atoms with Crippen LogP contribution >= 0.6 is 7.60 Å². The first-order valence-corrected chi connectivity index (χ1v) is 5.89. The smallest absolute Gasteiger partial charge is 0.351 e. The number of rotatable bonds is 3. The van der Waals surface area contributed by atoms with Crippen molar-refractivity contribution in [2.75, 3.05) is 6.35 Å². The molecule has 7 nitrogen and oxygen atoms in total. The maximum Gasteiger partial charge on any atom is 0.351 e. The van der Waals surface area contributed by atoms with E-state index in [0.29, 0.717) is 0 Å². The Kier molecular flexibility index (Phi) is 3.71. The fraction of sp³-hybridized carbons (Fsp3) is 1.00. The third kappa shape index (κ3) is 3.03. The van der Waals surface area contributed by atoms with Crippen LogP contribution in [0.25, 0.3) is 0 Å². The molecule has 0 aromatic carbocycles. The molecule has 14 heavy (non-hydrogen) atoms. The Bertz CT molecular complexity index is 246. The molecule has 0 radical (unpaired) electrons. The summed E-state index contributed by atoms with van der Waals surface area (Å²) in [7, 11) is -2.61. The average Bonchev–Trinajstić information content (AvgIpc) is 2.28. The third-order valence-electron chi connectivity index (χ3n) is 2.02. The van der Waals surface area contributed by atoms with Crippen molar-refractivity contribution in [2.45, 2.75) is 24.4 Å². The summed E-state index contributed by atoms with van der Waals surface area (Å²) in [5.41, 5.74) is 0. The van der Waals surface area contributed by atoms with Crippen molar-refractivity contribution >= 4 is 15.4 Å². The third-order valence-corrected chi connectivity index (χ3v) is 2.51. The van der Waals surface area contributed by atoms with Crippen molar-refractivity contribution in [2.24, 2.45) is 0 Å². The van der Waals surface area contributed by atoms with Gasteiger partial charge >= 0.3 is 7.60 Å². The van der Waals surface area contributed by atoms with E-state index in [1.54, 1.807) is 7.85 Å². The van der Waals surface area contributed by atoms with E-state index in [0.717, 1.165) is 0 Å². The van der Waals surface area contributed by atoms with Crippen LogP contribution in [-0.4, -0.2) is 58.6 Å². The predicted octanol–water partition coefficient (Wildman–Crippen LogP) is -3.25. The second kappa shape index (κ2) is 4.28. The SMILES string of the molecule is B[C@@H]1N[C@H](OCP(=O)(O)O)[C@@H](O)[C@H]1O. The summed E-state index contributed by atoms with van der Waals surface area (Å²) in [5, 5.41) is 21.3. The maximum absolute atomic E-state index is 10.5. The predicted molar refractivity (Wildman–Crippen MR) is 49.3 cm³/mol. The Labute approximate surface area is 81.6 Å². The van der Waals surface area contributed by atoms with E-state index < -0.39 is 32.4 Å². The lowest BCUT2D eigenvalue weighted by atomic mass is 9.92. The summed E-state index contributed by atoms with van der Waals surface area (Å²) in [6.45, 7) is 0. The summed E-state index contributed by atoms with van der Waals surface area (Å²) < 4.78 is 15.2. The monoisotopic (exact) mass is 225 g/mol. The molecule has 0 bridgehead atoms. The van der Waals surface area contributed by atoms with Crippen LogP contribution in [0.5, 0.6) is 0 Å². The van der Waals surface area contributed by atoms with Gasteiger partial charge in [-0.1, -0.05) is 0 Å². The molecule has 82 valence electrons. The topological polar surface area (TPSA) is 119 Å². The molecule has 0 aliphatic carbocycles. The second-order valence-electron chi connectivity index (χ2n) is 3.32. The Morgan fingerprint density at radius 3 is 2.29 bits per heavy atom. The number of hydrogen-bond donors (Lipinski definition) is 5. The molecule has 1 heterocycles. The van der Waals surface area contributed by atoms with E-state index in [1.165, 1.54) is 0 Å². The minimum absolute atomic E-state index is 0.369. The number of hydrogen-bond acceptors (Lipinski definition) is 5. The van der Waals surface area contributed by atoms with Crippen LogP contribution in [0.15, 0.2) is 0 Å². The minimum atomic E-state index is -4.24. The first-order valence-electron chi connectivity index (χ1n) is 4.09. The van der Waals surface area contributed by atoms with E-state index in [4.69, 9.17) is 14.5 Å². The Balaban J connectivity index is 2.44. The molecule has 0 spiro atoms. The molecule has 0 aromatic rings. The van der Waals surface area contributed by atoms with Gasteiger partial charge in [0.25, 0.3) is 0 Å². The number of ether oxygens (including phenoxy) is 1. The van der Waals surface area contributed by atoms with E-state index in [9.17, 15) is 14.8 Å². The molecule has 1 aliphatic rings. The van der Waals surface area contributed by atoms with Gasteiger partial charge in [-0.15, -0.1) is 0 Å². The normalized spacial score (nSPS) is 38.9. The van der Waals surface area contributed by atoms with Crippen LogP contribution in [0, 0.1) is 0 Å². The molecular weight excluding hydrogens is 212 g/mol. The van der Waals surface area contributed by atoms with Crippen molar-refractivity contribution < 1.29 is 29.3 Å². The fourth-order valence-corrected chi connectivity index (χ4v) is 1.61. The molecule has 4 atom stereocenters. The van der Waals surface area contributed by atoms with E-state index in [2.05, 4.69) is 5.32 Å². The van der Waals surface area contributed by atoms with Gasteiger partial charge in [-0.25, -0.2) is 0 Å². The van der Waals surface area contributed by atoms with E-state index >= 15 is 0 Å². The van der Waals surface area contributed by atoms with Gasteiger partial charge in [0.15, 0.2) is 6.35 Å². The van der Waals surface area contributed by atoms with Crippen LogP contribution in [0.3, 0.4) is 0 Å². The van der Waals surface area contributed by atoms with Crippen molar-refractivity contribution in [3.05, 3.63) is 0 Å². The van der Waals surface area contributed by atoms with Crippen molar-refractivity contribution in [1.82, 2.24) is 5.32 Å². The molecule has 1 rings (SSSR count). The molecule has 0 aromatic heterocycles. The zero-order chi connectivity index (χ0) is 10.9. The highest BCUT2D eigenvalue weighted by molar-refractivity contribution is 7.51. The summed E-state index contributed by atoms with van der Waals surface area (Å²) in [4.78, 5) is 17.0. The van der Waals surface area contributed by atoms with Gasteiger partial charge < -0.3 is 24.7 Å². The Morgan fingerprint density at radius 1 is 1.36 bits per heavy atom. The minimum Gasteiger partial charge on any atom is -0.389 e. The van der Waals surface area contributed by atoms with Gasteiger partial charge in [0.05, 0.1) is 6.10 Å². The highest BCUT2D eigenvalue weighted by Crippen LogP contribution is 2.34. The summed E-state index contributed by atoms with van der Waals surface area (Å²) in [6, 6.07) is 0. The van der Waals surface area contributed by atoms with Crippen molar-refractivity contribution in [3.8, 4) is 0 Å². The summed E-state index contributed by atoms with van der Waals surface area (Å²) in [5.74, 6) is -0.369. The van der Waals surface area contributed by atoms with Crippen molar-refractivity contribution in [3.63, 3.8) is 0 Å². The van der Waals surface area contributed by atoms with Gasteiger partial charge in [0.2, 0.25) is 0 Å². The van der Waals surface area contributed by atoms with E-state index in [1.807, 2.05) is 0 Å². The second-order valence-corrected chi connectivity index (χ2v) is 4.91. The number of nitrogens with one attached hydrogen (secondary N) is 1. The number of aliphatic hydroxyl groups is 2. The lowest BCUT2D eigenvalue weighted by Gasteiger charge is -2.16. The standard InChI is InChI=1S/C5H13BNO6P/c6-4-2(8)3(9)5(7-4)13-1-14(10,11)12/h2-5,7-9H,1,6H2,(H2,10,11,12)/t2-,3+,4-,5-/m1/s1. The molecule has 1 fully saturated rings. The van der Waals surface area contributed by atoms with Crippen LogP contribution < -0.4 is 5.32 Å². The van der Waals surface area contributed by atoms with Crippen LogP contribution in [0.1, 0.15) is 0 Å². The molecule has 0 amide bonds. The molecule has 0 unspecified atom stereocenters. The molecule has 9 heteroatoms. The quantitative estimate of drug-likeness (QED) is 0.252. The summed E-state index contributed by atoms with van der Waals surface area (Å²) in [6.07, 6.45) is -3.87. The first-order chi connectivity index (χ1) is 6.31. The molecule has 1 saturated heterocycles. The fourth-order valence-electron chi connectivity index (χ4n) is 1.26. The van der Waals surface area contributed by atoms with Crippen LogP contribution in [0.4, 0.5) is 0 Å². The average molecular weight is 225 g/mol. The lowest BCUT2D eigenvalue weighted by Crippen LogP contribution is -2.36. The highest BCUT2D eigenvalue weighted by Gasteiger charge is 2.39. The summed E-state index contributed by atoms with van der Waals surface area (Å²) >= 11 is 0. The van der Waals surface area contributed by atoms with E-state index in [-0.39, 0.29) is 5.94 Å². The van der Waals surface area contributed by atoms with Gasteiger partial charge in [-0.2, -0.15) is 0 Å². The van der Waals surface area contributed by atoms with Gasteiger partial charge in [0.1, 0.15) is 20.2 Å². The van der Waals surface area contributed by atoms with Crippen molar-refractivity contribution in [1.29, 1.82) is 0 Å².